The molecule has 3 rings (SSSR count). The molecule has 3 heteroatoms. The summed E-state index contributed by atoms with van der Waals surface area (Å²) in [5.41, 5.74) is 11.7. The van der Waals surface area contributed by atoms with Crippen LogP contribution in [0.1, 0.15) is 43.3 Å². The van der Waals surface area contributed by atoms with E-state index in [1.54, 1.807) is 7.11 Å². The molecule has 2 N–H and O–H groups in total. The Morgan fingerprint density at radius 3 is 2.52 bits per heavy atom. The first-order valence-corrected chi connectivity index (χ1v) is 7.52. The van der Waals surface area contributed by atoms with Crippen molar-refractivity contribution in [1.82, 2.24) is 4.57 Å². The van der Waals surface area contributed by atoms with Crippen LogP contribution in [0.3, 0.4) is 0 Å². The average Bonchev–Trinajstić information content (AvgIpc) is 2.74. The van der Waals surface area contributed by atoms with E-state index in [0.29, 0.717) is 0 Å². The van der Waals surface area contributed by atoms with Gasteiger partial charge < -0.3 is 15.0 Å². The highest BCUT2D eigenvalue weighted by molar-refractivity contribution is 5.46. The minimum Gasteiger partial charge on any atom is -0.497 e. The van der Waals surface area contributed by atoms with Gasteiger partial charge in [-0.1, -0.05) is 13.8 Å². The van der Waals surface area contributed by atoms with E-state index in [9.17, 15) is 0 Å². The number of benzene rings is 1. The van der Waals surface area contributed by atoms with E-state index in [1.807, 2.05) is 12.1 Å². The molecule has 0 amide bonds. The molecule has 1 aliphatic rings. The molecular weight excluding hydrogens is 260 g/mol. The lowest BCUT2D eigenvalue weighted by atomic mass is 9.74. The third kappa shape index (κ3) is 2.46. The molecule has 0 fully saturated rings. The Kier molecular flexibility index (Phi) is 3.33. The second-order valence-corrected chi connectivity index (χ2v) is 6.87. The molecular formula is C18H24N2O. The third-order valence-electron chi connectivity index (χ3n) is 4.47. The van der Waals surface area contributed by atoms with Crippen LogP contribution in [0.5, 0.6) is 5.75 Å². The molecule has 1 aromatic carbocycles. The highest BCUT2D eigenvalue weighted by Gasteiger charge is 2.33. The number of nitrogens with two attached hydrogens (primary N) is 1. The number of hydrogen-bond acceptors (Lipinski definition) is 2. The number of aryl methyl sites for hydroxylation is 1. The van der Waals surface area contributed by atoms with E-state index < -0.39 is 0 Å². The van der Waals surface area contributed by atoms with Crippen molar-refractivity contribution in [2.45, 2.75) is 39.7 Å². The Balaban J connectivity index is 2.11. The van der Waals surface area contributed by atoms with E-state index >= 15 is 0 Å². The zero-order valence-electron chi connectivity index (χ0n) is 13.3. The van der Waals surface area contributed by atoms with Crippen molar-refractivity contribution in [2.75, 3.05) is 7.11 Å². The number of rotatable bonds is 2. The molecule has 0 spiro atoms. The summed E-state index contributed by atoms with van der Waals surface area (Å²) in [4.78, 5) is 0. The minimum atomic E-state index is 0.141. The molecule has 21 heavy (non-hydrogen) atoms. The summed E-state index contributed by atoms with van der Waals surface area (Å²) < 4.78 is 7.59. The molecule has 0 saturated carbocycles. The van der Waals surface area contributed by atoms with Crippen molar-refractivity contribution in [3.05, 3.63) is 47.3 Å². The van der Waals surface area contributed by atoms with E-state index in [-0.39, 0.29) is 11.5 Å². The maximum atomic E-state index is 6.39. The van der Waals surface area contributed by atoms with Crippen LogP contribution in [0.2, 0.25) is 0 Å². The lowest BCUT2D eigenvalue weighted by Gasteiger charge is -2.34. The summed E-state index contributed by atoms with van der Waals surface area (Å²) in [5.74, 6) is 0.884. The number of hydrogen-bond donors (Lipinski definition) is 1. The van der Waals surface area contributed by atoms with Crippen molar-refractivity contribution in [2.24, 2.45) is 11.1 Å². The number of nitrogens with zero attached hydrogens (tertiary/aromatic N) is 1. The smallest absolute Gasteiger partial charge is 0.119 e. The molecule has 112 valence electrons. The Morgan fingerprint density at radius 1 is 1.24 bits per heavy atom. The molecule has 1 heterocycles. The van der Waals surface area contributed by atoms with E-state index in [1.165, 1.54) is 22.6 Å². The van der Waals surface area contributed by atoms with E-state index in [0.717, 1.165) is 18.6 Å². The molecule has 1 aliphatic carbocycles. The molecule has 1 atom stereocenters. The Labute approximate surface area is 126 Å². The normalized spacial score (nSPS) is 20.1. The van der Waals surface area contributed by atoms with Crippen LogP contribution in [-0.2, 0) is 6.42 Å². The van der Waals surface area contributed by atoms with Gasteiger partial charge in [-0.05, 0) is 61.1 Å². The molecule has 0 radical (unpaired) electrons. The van der Waals surface area contributed by atoms with Gasteiger partial charge in [-0.25, -0.2) is 0 Å². The van der Waals surface area contributed by atoms with Gasteiger partial charge in [-0.15, -0.1) is 0 Å². The van der Waals surface area contributed by atoms with Gasteiger partial charge in [-0.2, -0.15) is 0 Å². The highest BCUT2D eigenvalue weighted by atomic mass is 16.5. The van der Waals surface area contributed by atoms with Gasteiger partial charge in [0, 0.05) is 23.1 Å². The van der Waals surface area contributed by atoms with Gasteiger partial charge in [0.05, 0.1) is 7.11 Å². The van der Waals surface area contributed by atoms with Gasteiger partial charge in [-0.3, -0.25) is 0 Å². The number of ether oxygens (including phenoxy) is 1. The van der Waals surface area contributed by atoms with Gasteiger partial charge in [0.1, 0.15) is 5.75 Å². The Bertz CT molecular complexity index is 653. The van der Waals surface area contributed by atoms with Crippen LogP contribution in [0.15, 0.2) is 30.3 Å². The Morgan fingerprint density at radius 2 is 1.90 bits per heavy atom. The van der Waals surface area contributed by atoms with Crippen molar-refractivity contribution >= 4 is 0 Å². The van der Waals surface area contributed by atoms with Gasteiger partial charge in [0.2, 0.25) is 0 Å². The fourth-order valence-electron chi connectivity index (χ4n) is 3.54. The SMILES string of the molecule is COc1ccc(-n2c(C)cc3c2CC(C)(C)CC3N)cc1. The van der Waals surface area contributed by atoms with Crippen LogP contribution in [-0.4, -0.2) is 11.7 Å². The van der Waals surface area contributed by atoms with Crippen LogP contribution >= 0.6 is 0 Å². The van der Waals surface area contributed by atoms with E-state index in [4.69, 9.17) is 10.5 Å². The number of fused-ring (bicyclic) bond motifs is 1. The average molecular weight is 284 g/mol. The van der Waals surface area contributed by atoms with Gasteiger partial charge in [0.15, 0.2) is 0 Å². The van der Waals surface area contributed by atoms with Crippen molar-refractivity contribution in [1.29, 1.82) is 0 Å². The quantitative estimate of drug-likeness (QED) is 0.912. The lowest BCUT2D eigenvalue weighted by Crippen LogP contribution is -2.30. The number of methoxy groups -OCH3 is 1. The molecule has 3 nitrogen and oxygen atoms in total. The fourth-order valence-corrected chi connectivity index (χ4v) is 3.54. The largest absolute Gasteiger partial charge is 0.497 e. The van der Waals surface area contributed by atoms with Gasteiger partial charge >= 0.3 is 0 Å². The van der Waals surface area contributed by atoms with Crippen LogP contribution in [0, 0.1) is 12.3 Å². The summed E-state index contributed by atoms with van der Waals surface area (Å²) in [7, 11) is 1.69. The fraction of sp³-hybridized carbons (Fsp3) is 0.444. The predicted octanol–water partition coefficient (Wildman–Crippen LogP) is 3.77. The van der Waals surface area contributed by atoms with Crippen molar-refractivity contribution in [3.8, 4) is 11.4 Å². The first kappa shape index (κ1) is 14.2. The topological polar surface area (TPSA) is 40.2 Å². The van der Waals surface area contributed by atoms with Crippen molar-refractivity contribution in [3.63, 3.8) is 0 Å². The van der Waals surface area contributed by atoms with E-state index in [2.05, 4.69) is 43.5 Å². The van der Waals surface area contributed by atoms with Crippen LogP contribution in [0.4, 0.5) is 0 Å². The lowest BCUT2D eigenvalue weighted by molar-refractivity contribution is 0.278. The predicted molar refractivity (Wildman–Crippen MR) is 86.1 cm³/mol. The summed E-state index contributed by atoms with van der Waals surface area (Å²) in [6, 6.07) is 10.6. The van der Waals surface area contributed by atoms with Gasteiger partial charge in [0.25, 0.3) is 0 Å². The minimum absolute atomic E-state index is 0.141. The summed E-state index contributed by atoms with van der Waals surface area (Å²) in [6.45, 7) is 6.76. The standard InChI is InChI=1S/C18H24N2O/c1-12-9-15-16(19)10-18(2,3)11-17(15)20(12)13-5-7-14(21-4)8-6-13/h5-9,16H,10-11,19H2,1-4H3. The number of aromatic nitrogens is 1. The zero-order chi connectivity index (χ0) is 15.2. The first-order chi connectivity index (χ1) is 9.91. The monoisotopic (exact) mass is 284 g/mol. The zero-order valence-corrected chi connectivity index (χ0v) is 13.3. The Hall–Kier alpha value is -1.74. The second kappa shape index (κ2) is 4.92. The molecule has 1 aromatic heterocycles. The summed E-state index contributed by atoms with van der Waals surface area (Å²) in [6.07, 6.45) is 2.11. The molecule has 0 aliphatic heterocycles. The summed E-state index contributed by atoms with van der Waals surface area (Å²) in [5, 5.41) is 0. The molecule has 1 unspecified atom stereocenters. The van der Waals surface area contributed by atoms with Crippen molar-refractivity contribution < 1.29 is 4.74 Å². The molecule has 0 bridgehead atoms. The second-order valence-electron chi connectivity index (χ2n) is 6.87. The van der Waals surface area contributed by atoms with Crippen LogP contribution in [0.25, 0.3) is 5.69 Å². The first-order valence-electron chi connectivity index (χ1n) is 7.52. The maximum Gasteiger partial charge on any atom is 0.119 e. The summed E-state index contributed by atoms with van der Waals surface area (Å²) >= 11 is 0. The maximum absolute atomic E-state index is 6.39. The third-order valence-corrected chi connectivity index (χ3v) is 4.47. The molecule has 2 aromatic rings. The van der Waals surface area contributed by atoms with Crippen LogP contribution < -0.4 is 10.5 Å². The highest BCUT2D eigenvalue weighted by Crippen LogP contribution is 2.41. The molecule has 0 saturated heterocycles.